The van der Waals surface area contributed by atoms with Crippen LogP contribution in [0.25, 0.3) is 0 Å². The Bertz CT molecular complexity index is 388. The average Bonchev–Trinajstić information content (AvgIpc) is 2.35. The molecule has 0 amide bonds. The topological polar surface area (TPSA) is 30.5 Å². The van der Waals surface area contributed by atoms with Crippen molar-refractivity contribution in [3.8, 4) is 5.75 Å². The van der Waals surface area contributed by atoms with Crippen LogP contribution in [0.5, 0.6) is 5.75 Å². The number of hydrogen-bond acceptors (Lipinski definition) is 3. The Morgan fingerprint density at radius 3 is 2.72 bits per heavy atom. The van der Waals surface area contributed by atoms with Gasteiger partial charge in [-0.1, -0.05) is 25.1 Å². The fraction of sp³-hybridized carbons (Fsp3) is 0.600. The molecular formula is C15H23NO2. The summed E-state index contributed by atoms with van der Waals surface area (Å²) in [6, 6.07) is 8.53. The molecule has 0 spiro atoms. The summed E-state index contributed by atoms with van der Waals surface area (Å²) >= 11 is 0. The van der Waals surface area contributed by atoms with E-state index in [2.05, 4.69) is 31.3 Å². The highest BCUT2D eigenvalue weighted by Crippen LogP contribution is 2.28. The van der Waals surface area contributed by atoms with Crippen molar-refractivity contribution in [3.63, 3.8) is 0 Å². The Labute approximate surface area is 109 Å². The van der Waals surface area contributed by atoms with Crippen LogP contribution in [0.2, 0.25) is 0 Å². The van der Waals surface area contributed by atoms with E-state index < -0.39 is 0 Å². The fourth-order valence-electron chi connectivity index (χ4n) is 2.19. The molecule has 1 atom stereocenters. The molecule has 1 unspecified atom stereocenters. The standard InChI is InChI=1S/C15H23NO2/c1-4-18-14-8-6-5-7-13(14)12(2)16-9-15(3)10-17-11-15/h5-8,12,16H,4,9-11H2,1-3H3. The van der Waals surface area contributed by atoms with Crippen molar-refractivity contribution in [1.82, 2.24) is 5.32 Å². The summed E-state index contributed by atoms with van der Waals surface area (Å²) < 4.78 is 10.9. The van der Waals surface area contributed by atoms with E-state index >= 15 is 0 Å². The van der Waals surface area contributed by atoms with Gasteiger partial charge >= 0.3 is 0 Å². The second kappa shape index (κ2) is 5.72. The van der Waals surface area contributed by atoms with E-state index in [0.29, 0.717) is 18.1 Å². The molecular weight excluding hydrogens is 226 g/mol. The van der Waals surface area contributed by atoms with Crippen LogP contribution in [0.15, 0.2) is 24.3 Å². The van der Waals surface area contributed by atoms with Crippen LogP contribution < -0.4 is 10.1 Å². The Morgan fingerprint density at radius 1 is 1.39 bits per heavy atom. The van der Waals surface area contributed by atoms with Gasteiger partial charge < -0.3 is 14.8 Å². The average molecular weight is 249 g/mol. The highest BCUT2D eigenvalue weighted by molar-refractivity contribution is 5.35. The first-order chi connectivity index (χ1) is 8.64. The second-order valence-electron chi connectivity index (χ2n) is 5.38. The normalized spacial score (nSPS) is 19.1. The lowest BCUT2D eigenvalue weighted by atomic mass is 9.88. The van der Waals surface area contributed by atoms with E-state index in [-0.39, 0.29) is 0 Å². The van der Waals surface area contributed by atoms with Crippen LogP contribution >= 0.6 is 0 Å². The van der Waals surface area contributed by atoms with Crippen molar-refractivity contribution in [2.45, 2.75) is 26.8 Å². The van der Waals surface area contributed by atoms with Crippen LogP contribution in [0.3, 0.4) is 0 Å². The summed E-state index contributed by atoms with van der Waals surface area (Å²) in [5, 5.41) is 3.58. The summed E-state index contributed by atoms with van der Waals surface area (Å²) in [7, 11) is 0. The van der Waals surface area contributed by atoms with E-state index in [1.54, 1.807) is 0 Å². The van der Waals surface area contributed by atoms with Crippen molar-refractivity contribution < 1.29 is 9.47 Å². The molecule has 1 N–H and O–H groups in total. The van der Waals surface area contributed by atoms with Gasteiger partial charge in [0.25, 0.3) is 0 Å². The van der Waals surface area contributed by atoms with Crippen molar-refractivity contribution in [2.24, 2.45) is 5.41 Å². The Kier molecular flexibility index (Phi) is 4.25. The molecule has 18 heavy (non-hydrogen) atoms. The smallest absolute Gasteiger partial charge is 0.124 e. The maximum absolute atomic E-state index is 5.67. The lowest BCUT2D eigenvalue weighted by Gasteiger charge is -2.39. The molecule has 3 nitrogen and oxygen atoms in total. The van der Waals surface area contributed by atoms with Crippen molar-refractivity contribution in [3.05, 3.63) is 29.8 Å². The number of benzene rings is 1. The molecule has 0 aliphatic carbocycles. The summed E-state index contributed by atoms with van der Waals surface area (Å²) in [5.41, 5.74) is 1.53. The maximum atomic E-state index is 5.67. The van der Waals surface area contributed by atoms with Crippen LogP contribution in [-0.4, -0.2) is 26.4 Å². The zero-order valence-corrected chi connectivity index (χ0v) is 11.5. The third kappa shape index (κ3) is 3.03. The van der Waals surface area contributed by atoms with Gasteiger partial charge in [-0.15, -0.1) is 0 Å². The molecule has 0 aromatic heterocycles. The van der Waals surface area contributed by atoms with E-state index in [0.717, 1.165) is 25.5 Å². The molecule has 1 heterocycles. The first-order valence-corrected chi connectivity index (χ1v) is 6.67. The van der Waals surface area contributed by atoms with E-state index in [1.807, 2.05) is 19.1 Å². The van der Waals surface area contributed by atoms with Crippen molar-refractivity contribution >= 4 is 0 Å². The monoisotopic (exact) mass is 249 g/mol. The molecule has 1 saturated heterocycles. The summed E-state index contributed by atoms with van der Waals surface area (Å²) in [6.45, 7) is 9.86. The first kappa shape index (κ1) is 13.4. The van der Waals surface area contributed by atoms with Gasteiger partial charge in [-0.2, -0.15) is 0 Å². The van der Waals surface area contributed by atoms with Gasteiger partial charge in [-0.25, -0.2) is 0 Å². The minimum atomic E-state index is 0.296. The van der Waals surface area contributed by atoms with Gasteiger partial charge in [0.15, 0.2) is 0 Å². The molecule has 1 aliphatic rings. The van der Waals surface area contributed by atoms with Gasteiger partial charge in [0.2, 0.25) is 0 Å². The van der Waals surface area contributed by atoms with Crippen LogP contribution in [-0.2, 0) is 4.74 Å². The third-order valence-electron chi connectivity index (χ3n) is 3.42. The summed E-state index contributed by atoms with van der Waals surface area (Å²) in [5.74, 6) is 0.981. The van der Waals surface area contributed by atoms with Crippen molar-refractivity contribution in [1.29, 1.82) is 0 Å². The number of rotatable bonds is 6. The number of nitrogens with one attached hydrogen (secondary N) is 1. The van der Waals surface area contributed by atoms with Crippen LogP contribution in [0.4, 0.5) is 0 Å². The maximum Gasteiger partial charge on any atom is 0.124 e. The molecule has 0 bridgehead atoms. The molecule has 3 heteroatoms. The number of ether oxygens (including phenoxy) is 2. The molecule has 0 saturated carbocycles. The Hall–Kier alpha value is -1.06. The molecule has 1 aliphatic heterocycles. The van der Waals surface area contributed by atoms with Crippen molar-refractivity contribution in [2.75, 3.05) is 26.4 Å². The van der Waals surface area contributed by atoms with E-state index in [4.69, 9.17) is 9.47 Å². The van der Waals surface area contributed by atoms with Gasteiger partial charge in [-0.05, 0) is 19.9 Å². The van der Waals surface area contributed by atoms with Crippen LogP contribution in [0, 0.1) is 5.41 Å². The fourth-order valence-corrected chi connectivity index (χ4v) is 2.19. The lowest BCUT2D eigenvalue weighted by Crippen LogP contribution is -2.47. The van der Waals surface area contributed by atoms with Gasteiger partial charge in [-0.3, -0.25) is 0 Å². The molecule has 1 aromatic rings. The molecule has 2 rings (SSSR count). The highest BCUT2D eigenvalue weighted by atomic mass is 16.5. The van der Waals surface area contributed by atoms with E-state index in [9.17, 15) is 0 Å². The number of hydrogen-bond donors (Lipinski definition) is 1. The molecule has 0 radical (unpaired) electrons. The molecule has 1 aromatic carbocycles. The van der Waals surface area contributed by atoms with Gasteiger partial charge in [0.1, 0.15) is 5.75 Å². The summed E-state index contributed by atoms with van der Waals surface area (Å²) in [4.78, 5) is 0. The largest absolute Gasteiger partial charge is 0.494 e. The van der Waals surface area contributed by atoms with E-state index in [1.165, 1.54) is 5.56 Å². The quantitative estimate of drug-likeness (QED) is 0.841. The summed E-state index contributed by atoms with van der Waals surface area (Å²) in [6.07, 6.45) is 0. The zero-order valence-electron chi connectivity index (χ0n) is 11.5. The molecule has 1 fully saturated rings. The SMILES string of the molecule is CCOc1ccccc1C(C)NCC1(C)COC1. The zero-order chi connectivity index (χ0) is 13.0. The lowest BCUT2D eigenvalue weighted by molar-refractivity contribution is -0.0999. The first-order valence-electron chi connectivity index (χ1n) is 6.67. The Balaban J connectivity index is 1.97. The third-order valence-corrected chi connectivity index (χ3v) is 3.42. The predicted octanol–water partition coefficient (Wildman–Crippen LogP) is 2.77. The highest BCUT2D eigenvalue weighted by Gasteiger charge is 2.33. The Morgan fingerprint density at radius 2 is 2.11 bits per heavy atom. The second-order valence-corrected chi connectivity index (χ2v) is 5.38. The number of para-hydroxylation sites is 1. The minimum Gasteiger partial charge on any atom is -0.494 e. The van der Waals surface area contributed by atoms with Crippen LogP contribution in [0.1, 0.15) is 32.4 Å². The predicted molar refractivity (Wildman–Crippen MR) is 73.0 cm³/mol. The minimum absolute atomic E-state index is 0.296. The molecule has 100 valence electrons. The van der Waals surface area contributed by atoms with Gasteiger partial charge in [0.05, 0.1) is 19.8 Å². The van der Waals surface area contributed by atoms with Gasteiger partial charge in [0, 0.05) is 23.6 Å².